The van der Waals surface area contributed by atoms with E-state index in [9.17, 15) is 4.79 Å². The maximum atomic E-state index is 12.7. The normalized spacial score (nSPS) is 16.8. The van der Waals surface area contributed by atoms with Crippen LogP contribution in [0.15, 0.2) is 59.1 Å². The summed E-state index contributed by atoms with van der Waals surface area (Å²) in [6, 6.07) is 17.7. The molecule has 2 aromatic carbocycles. The second-order valence-corrected chi connectivity index (χ2v) is 6.73. The van der Waals surface area contributed by atoms with Gasteiger partial charge in [-0.25, -0.2) is 0 Å². The predicted molar refractivity (Wildman–Crippen MR) is 98.3 cm³/mol. The van der Waals surface area contributed by atoms with Crippen molar-refractivity contribution in [1.82, 2.24) is 15.0 Å². The topological polar surface area (TPSA) is 59.2 Å². The van der Waals surface area contributed by atoms with Crippen LogP contribution in [0.25, 0.3) is 11.4 Å². The van der Waals surface area contributed by atoms with Crippen molar-refractivity contribution in [1.29, 1.82) is 0 Å². The van der Waals surface area contributed by atoms with Crippen molar-refractivity contribution < 1.29 is 9.32 Å². The minimum absolute atomic E-state index is 0.105. The fourth-order valence-electron chi connectivity index (χ4n) is 3.38. The molecule has 0 aliphatic carbocycles. The zero-order chi connectivity index (χ0) is 17.9. The number of aryl methyl sites for hydroxylation is 1. The van der Waals surface area contributed by atoms with E-state index in [0.29, 0.717) is 18.1 Å². The van der Waals surface area contributed by atoms with Crippen LogP contribution >= 0.6 is 0 Å². The van der Waals surface area contributed by atoms with Gasteiger partial charge in [-0.3, -0.25) is 4.79 Å². The maximum Gasteiger partial charge on any atom is 0.249 e. The largest absolute Gasteiger partial charge is 0.337 e. The van der Waals surface area contributed by atoms with Gasteiger partial charge >= 0.3 is 0 Å². The lowest BCUT2D eigenvalue weighted by molar-refractivity contribution is -0.131. The van der Waals surface area contributed by atoms with Gasteiger partial charge in [-0.2, -0.15) is 4.98 Å². The number of nitrogens with zero attached hydrogens (tertiary/aromatic N) is 3. The van der Waals surface area contributed by atoms with Crippen molar-refractivity contribution in [3.05, 3.63) is 71.6 Å². The van der Waals surface area contributed by atoms with Crippen LogP contribution in [0.2, 0.25) is 0 Å². The van der Waals surface area contributed by atoms with Crippen molar-refractivity contribution >= 4 is 5.91 Å². The van der Waals surface area contributed by atoms with E-state index in [4.69, 9.17) is 4.52 Å². The third-order valence-corrected chi connectivity index (χ3v) is 4.81. The van der Waals surface area contributed by atoms with Gasteiger partial charge in [0.25, 0.3) is 0 Å². The van der Waals surface area contributed by atoms with Gasteiger partial charge in [-0.05, 0) is 25.3 Å². The first-order chi connectivity index (χ1) is 12.7. The first-order valence-electron chi connectivity index (χ1n) is 8.95. The molecule has 1 atom stereocenters. The zero-order valence-corrected chi connectivity index (χ0v) is 14.8. The lowest BCUT2D eigenvalue weighted by Gasteiger charge is -2.21. The van der Waals surface area contributed by atoms with Crippen LogP contribution in [-0.2, 0) is 11.2 Å². The molecule has 26 heavy (non-hydrogen) atoms. The number of amides is 1. The summed E-state index contributed by atoms with van der Waals surface area (Å²) in [7, 11) is 0. The Kier molecular flexibility index (Phi) is 4.52. The Morgan fingerprint density at radius 2 is 1.92 bits per heavy atom. The second kappa shape index (κ2) is 7.12. The lowest BCUT2D eigenvalue weighted by Crippen LogP contribution is -2.32. The Morgan fingerprint density at radius 1 is 1.15 bits per heavy atom. The smallest absolute Gasteiger partial charge is 0.249 e. The number of aromatic nitrogens is 2. The number of likely N-dealkylation sites (tertiary alicyclic amines) is 1. The average molecular weight is 347 g/mol. The van der Waals surface area contributed by atoms with Crippen LogP contribution in [0.1, 0.15) is 35.9 Å². The molecule has 1 unspecified atom stereocenters. The Morgan fingerprint density at radius 3 is 2.69 bits per heavy atom. The predicted octanol–water partition coefficient (Wildman–Crippen LogP) is 3.95. The summed E-state index contributed by atoms with van der Waals surface area (Å²) in [5, 5.41) is 4.11. The highest BCUT2D eigenvalue weighted by Crippen LogP contribution is 2.32. The SMILES string of the molecule is Cc1ccc(-c2noc(C3CCCN3C(=O)Cc3ccccc3)n2)cc1. The van der Waals surface area contributed by atoms with Crippen LogP contribution in [-0.4, -0.2) is 27.5 Å². The molecule has 0 spiro atoms. The van der Waals surface area contributed by atoms with Crippen molar-refractivity contribution in [3.8, 4) is 11.4 Å². The van der Waals surface area contributed by atoms with Crippen LogP contribution in [0.3, 0.4) is 0 Å². The Balaban J connectivity index is 1.51. The van der Waals surface area contributed by atoms with Crippen molar-refractivity contribution in [2.24, 2.45) is 0 Å². The molecule has 5 nitrogen and oxygen atoms in total. The summed E-state index contributed by atoms with van der Waals surface area (Å²) < 4.78 is 5.51. The molecule has 1 amide bonds. The highest BCUT2D eigenvalue weighted by Gasteiger charge is 2.33. The van der Waals surface area contributed by atoms with Gasteiger partial charge in [0.1, 0.15) is 6.04 Å². The third-order valence-electron chi connectivity index (χ3n) is 4.81. The van der Waals surface area contributed by atoms with Gasteiger partial charge in [-0.15, -0.1) is 0 Å². The number of benzene rings is 2. The Labute approximate surface area is 152 Å². The summed E-state index contributed by atoms with van der Waals surface area (Å²) in [6.07, 6.45) is 2.21. The van der Waals surface area contributed by atoms with Gasteiger partial charge < -0.3 is 9.42 Å². The first-order valence-corrected chi connectivity index (χ1v) is 8.95. The molecule has 1 fully saturated rings. The number of rotatable bonds is 4. The van der Waals surface area contributed by atoms with E-state index in [2.05, 4.69) is 10.1 Å². The van der Waals surface area contributed by atoms with Gasteiger partial charge in [0, 0.05) is 12.1 Å². The first kappa shape index (κ1) is 16.5. The maximum absolute atomic E-state index is 12.7. The molecule has 0 radical (unpaired) electrons. The highest BCUT2D eigenvalue weighted by atomic mass is 16.5. The van der Waals surface area contributed by atoms with Crippen LogP contribution in [0.4, 0.5) is 0 Å². The molecule has 4 rings (SSSR count). The van der Waals surface area contributed by atoms with Crippen molar-refractivity contribution in [2.45, 2.75) is 32.2 Å². The van der Waals surface area contributed by atoms with E-state index in [1.165, 1.54) is 5.56 Å². The Hall–Kier alpha value is -2.95. The molecule has 0 N–H and O–H groups in total. The third kappa shape index (κ3) is 3.38. The summed E-state index contributed by atoms with van der Waals surface area (Å²) >= 11 is 0. The number of hydrogen-bond acceptors (Lipinski definition) is 4. The molecule has 132 valence electrons. The number of carbonyl (C=O) groups excluding carboxylic acids is 1. The van der Waals surface area contributed by atoms with Crippen LogP contribution in [0.5, 0.6) is 0 Å². The molecular formula is C21H21N3O2. The van der Waals surface area contributed by atoms with E-state index in [-0.39, 0.29) is 11.9 Å². The van der Waals surface area contributed by atoms with E-state index < -0.39 is 0 Å². The van der Waals surface area contributed by atoms with Crippen LogP contribution in [0, 0.1) is 6.92 Å². The highest BCUT2D eigenvalue weighted by molar-refractivity contribution is 5.79. The summed E-state index contributed by atoms with van der Waals surface area (Å²) in [5.74, 6) is 1.20. The minimum Gasteiger partial charge on any atom is -0.337 e. The Bertz CT molecular complexity index is 887. The summed E-state index contributed by atoms with van der Waals surface area (Å²) in [6.45, 7) is 2.78. The minimum atomic E-state index is -0.127. The molecule has 1 aliphatic heterocycles. The van der Waals surface area contributed by atoms with Gasteiger partial charge in [-0.1, -0.05) is 65.3 Å². The fourth-order valence-corrected chi connectivity index (χ4v) is 3.38. The van der Waals surface area contributed by atoms with Crippen molar-refractivity contribution in [2.75, 3.05) is 6.54 Å². The lowest BCUT2D eigenvalue weighted by atomic mass is 10.1. The quantitative estimate of drug-likeness (QED) is 0.717. The molecule has 0 saturated carbocycles. The summed E-state index contributed by atoms with van der Waals surface area (Å²) in [5.41, 5.74) is 3.13. The second-order valence-electron chi connectivity index (χ2n) is 6.73. The molecular weight excluding hydrogens is 326 g/mol. The number of hydrogen-bond donors (Lipinski definition) is 0. The molecule has 0 bridgehead atoms. The van der Waals surface area contributed by atoms with E-state index in [1.54, 1.807) is 0 Å². The average Bonchev–Trinajstić information content (AvgIpc) is 3.32. The zero-order valence-electron chi connectivity index (χ0n) is 14.8. The van der Waals surface area contributed by atoms with E-state index >= 15 is 0 Å². The molecule has 1 saturated heterocycles. The molecule has 3 aromatic rings. The molecule has 1 aliphatic rings. The van der Waals surface area contributed by atoms with Crippen LogP contribution < -0.4 is 0 Å². The van der Waals surface area contributed by atoms with Gasteiger partial charge in [0.2, 0.25) is 17.6 Å². The van der Waals surface area contributed by atoms with Gasteiger partial charge in [0.15, 0.2) is 0 Å². The standard InChI is InChI=1S/C21H21N3O2/c1-15-9-11-17(12-10-15)20-22-21(26-23-20)18-8-5-13-24(18)19(25)14-16-6-3-2-4-7-16/h2-4,6-7,9-12,18H,5,8,13-14H2,1H3. The van der Waals surface area contributed by atoms with E-state index in [0.717, 1.165) is 30.5 Å². The fraction of sp³-hybridized carbons (Fsp3) is 0.286. The number of carbonyl (C=O) groups is 1. The van der Waals surface area contributed by atoms with Gasteiger partial charge in [0.05, 0.1) is 6.42 Å². The monoisotopic (exact) mass is 347 g/mol. The van der Waals surface area contributed by atoms with E-state index in [1.807, 2.05) is 66.4 Å². The molecule has 5 heteroatoms. The molecule has 2 heterocycles. The summed E-state index contributed by atoms with van der Waals surface area (Å²) in [4.78, 5) is 19.2. The molecule has 1 aromatic heterocycles. The van der Waals surface area contributed by atoms with Crippen molar-refractivity contribution in [3.63, 3.8) is 0 Å².